The number of rotatable bonds is 2. The van der Waals surface area contributed by atoms with E-state index in [0.29, 0.717) is 0 Å². The summed E-state index contributed by atoms with van der Waals surface area (Å²) in [6, 6.07) is 19.1. The molecular formula is C17H14N2O. The van der Waals surface area contributed by atoms with Crippen molar-refractivity contribution in [3.8, 4) is 22.5 Å². The smallest absolute Gasteiger partial charge is 0.248 e. The van der Waals surface area contributed by atoms with E-state index in [2.05, 4.69) is 9.97 Å². The Labute approximate surface area is 117 Å². The molecule has 0 fully saturated rings. The van der Waals surface area contributed by atoms with E-state index in [0.717, 1.165) is 28.2 Å². The van der Waals surface area contributed by atoms with E-state index in [9.17, 15) is 4.79 Å². The number of aromatic amines is 1. The van der Waals surface area contributed by atoms with Crippen LogP contribution in [0.1, 0.15) is 5.69 Å². The zero-order valence-electron chi connectivity index (χ0n) is 11.1. The first kappa shape index (κ1) is 12.4. The molecule has 0 aliphatic carbocycles. The molecular weight excluding hydrogens is 248 g/mol. The van der Waals surface area contributed by atoms with Gasteiger partial charge in [0.1, 0.15) is 0 Å². The van der Waals surface area contributed by atoms with Gasteiger partial charge in [0.15, 0.2) is 0 Å². The summed E-state index contributed by atoms with van der Waals surface area (Å²) in [5.41, 5.74) is 4.37. The summed E-state index contributed by atoms with van der Waals surface area (Å²) in [6.07, 6.45) is 0. The van der Waals surface area contributed by atoms with Crippen LogP contribution in [0.15, 0.2) is 65.5 Å². The topological polar surface area (TPSA) is 45.8 Å². The summed E-state index contributed by atoms with van der Waals surface area (Å²) in [4.78, 5) is 19.0. The van der Waals surface area contributed by atoms with Crippen LogP contribution in [0.25, 0.3) is 22.5 Å². The van der Waals surface area contributed by atoms with Crippen LogP contribution in [-0.2, 0) is 0 Å². The van der Waals surface area contributed by atoms with Crippen molar-refractivity contribution in [3.63, 3.8) is 0 Å². The maximum absolute atomic E-state index is 11.6. The molecule has 0 saturated heterocycles. The summed E-state index contributed by atoms with van der Waals surface area (Å²) in [6.45, 7) is 1.94. The molecule has 98 valence electrons. The van der Waals surface area contributed by atoms with E-state index >= 15 is 0 Å². The van der Waals surface area contributed by atoms with E-state index in [1.807, 2.05) is 61.5 Å². The molecule has 0 unspecified atom stereocenters. The SMILES string of the molecule is Cc1cccc(-c2[nH]c(=O)ccc2-c2ccccc2)n1. The van der Waals surface area contributed by atoms with E-state index < -0.39 is 0 Å². The van der Waals surface area contributed by atoms with Crippen LogP contribution >= 0.6 is 0 Å². The highest BCUT2D eigenvalue weighted by Gasteiger charge is 2.09. The Bertz CT molecular complexity index is 791. The number of hydrogen-bond acceptors (Lipinski definition) is 2. The van der Waals surface area contributed by atoms with Gasteiger partial charge in [-0.25, -0.2) is 0 Å². The summed E-state index contributed by atoms with van der Waals surface area (Å²) in [5.74, 6) is 0. The fourth-order valence-electron chi connectivity index (χ4n) is 2.22. The van der Waals surface area contributed by atoms with E-state index in [1.165, 1.54) is 0 Å². The van der Waals surface area contributed by atoms with Crippen LogP contribution in [0.5, 0.6) is 0 Å². The number of nitrogens with one attached hydrogen (secondary N) is 1. The van der Waals surface area contributed by atoms with Gasteiger partial charge in [0.05, 0.1) is 11.4 Å². The number of aryl methyl sites for hydroxylation is 1. The Morgan fingerprint density at radius 2 is 1.70 bits per heavy atom. The average molecular weight is 262 g/mol. The van der Waals surface area contributed by atoms with Gasteiger partial charge in [-0.1, -0.05) is 36.4 Å². The molecule has 20 heavy (non-hydrogen) atoms. The van der Waals surface area contributed by atoms with Gasteiger partial charge in [0.25, 0.3) is 0 Å². The lowest BCUT2D eigenvalue weighted by molar-refractivity contribution is 1.16. The molecule has 3 nitrogen and oxygen atoms in total. The minimum absolute atomic E-state index is 0.122. The summed E-state index contributed by atoms with van der Waals surface area (Å²) in [7, 11) is 0. The Hall–Kier alpha value is -2.68. The highest BCUT2D eigenvalue weighted by atomic mass is 16.1. The molecule has 0 atom stereocenters. The predicted molar refractivity (Wildman–Crippen MR) is 80.5 cm³/mol. The average Bonchev–Trinajstić information content (AvgIpc) is 2.48. The van der Waals surface area contributed by atoms with Gasteiger partial charge in [-0.15, -0.1) is 0 Å². The molecule has 2 heterocycles. The second-order valence-electron chi connectivity index (χ2n) is 4.64. The maximum atomic E-state index is 11.6. The predicted octanol–water partition coefficient (Wildman–Crippen LogP) is 3.41. The fraction of sp³-hybridized carbons (Fsp3) is 0.0588. The highest BCUT2D eigenvalue weighted by molar-refractivity contribution is 5.78. The quantitative estimate of drug-likeness (QED) is 0.769. The first-order valence-electron chi connectivity index (χ1n) is 6.47. The standard InChI is InChI=1S/C17H14N2O/c1-12-6-5-9-15(18-12)17-14(10-11-16(20)19-17)13-7-3-2-4-8-13/h2-11H,1H3,(H,19,20). The minimum atomic E-state index is -0.122. The van der Waals surface area contributed by atoms with Crippen molar-refractivity contribution >= 4 is 0 Å². The molecule has 0 spiro atoms. The highest BCUT2D eigenvalue weighted by Crippen LogP contribution is 2.27. The number of H-pyrrole nitrogens is 1. The van der Waals surface area contributed by atoms with Crippen molar-refractivity contribution < 1.29 is 0 Å². The number of pyridine rings is 2. The molecule has 0 saturated carbocycles. The lowest BCUT2D eigenvalue weighted by Gasteiger charge is -2.09. The number of aromatic nitrogens is 2. The van der Waals surface area contributed by atoms with Gasteiger partial charge >= 0.3 is 0 Å². The van der Waals surface area contributed by atoms with Crippen LogP contribution in [0.4, 0.5) is 0 Å². The Morgan fingerprint density at radius 3 is 2.45 bits per heavy atom. The van der Waals surface area contributed by atoms with E-state index in [1.54, 1.807) is 6.07 Å². The van der Waals surface area contributed by atoms with Crippen molar-refractivity contribution in [1.29, 1.82) is 0 Å². The van der Waals surface area contributed by atoms with Gasteiger partial charge in [-0.05, 0) is 30.7 Å². The van der Waals surface area contributed by atoms with Gasteiger partial charge in [0, 0.05) is 17.3 Å². The van der Waals surface area contributed by atoms with Crippen molar-refractivity contribution in [2.24, 2.45) is 0 Å². The van der Waals surface area contributed by atoms with Gasteiger partial charge in [-0.2, -0.15) is 0 Å². The minimum Gasteiger partial charge on any atom is -0.320 e. The summed E-state index contributed by atoms with van der Waals surface area (Å²) < 4.78 is 0. The molecule has 2 aromatic heterocycles. The third-order valence-corrected chi connectivity index (χ3v) is 3.15. The van der Waals surface area contributed by atoms with E-state index in [-0.39, 0.29) is 5.56 Å². The van der Waals surface area contributed by atoms with Crippen LogP contribution in [0.3, 0.4) is 0 Å². The zero-order chi connectivity index (χ0) is 13.9. The third kappa shape index (κ3) is 2.38. The summed E-state index contributed by atoms with van der Waals surface area (Å²) >= 11 is 0. The third-order valence-electron chi connectivity index (χ3n) is 3.15. The Kier molecular flexibility index (Phi) is 3.17. The van der Waals surface area contributed by atoms with Crippen molar-refractivity contribution in [1.82, 2.24) is 9.97 Å². The van der Waals surface area contributed by atoms with Gasteiger partial charge in [0.2, 0.25) is 5.56 Å². The molecule has 3 aromatic rings. The van der Waals surface area contributed by atoms with Crippen LogP contribution in [0, 0.1) is 6.92 Å². The second-order valence-corrected chi connectivity index (χ2v) is 4.64. The van der Waals surface area contributed by atoms with Gasteiger partial charge in [-0.3, -0.25) is 9.78 Å². The van der Waals surface area contributed by atoms with Crippen LogP contribution in [0.2, 0.25) is 0 Å². The lowest BCUT2D eigenvalue weighted by atomic mass is 10.0. The molecule has 1 aromatic carbocycles. The molecule has 0 amide bonds. The molecule has 0 aliphatic rings. The largest absolute Gasteiger partial charge is 0.320 e. The molecule has 3 heteroatoms. The monoisotopic (exact) mass is 262 g/mol. The number of hydrogen-bond donors (Lipinski definition) is 1. The first-order chi connectivity index (χ1) is 9.74. The Morgan fingerprint density at radius 1 is 0.900 bits per heavy atom. The first-order valence-corrected chi connectivity index (χ1v) is 6.47. The maximum Gasteiger partial charge on any atom is 0.248 e. The summed E-state index contributed by atoms with van der Waals surface area (Å²) in [5, 5.41) is 0. The van der Waals surface area contributed by atoms with Crippen LogP contribution in [-0.4, -0.2) is 9.97 Å². The lowest BCUT2D eigenvalue weighted by Crippen LogP contribution is -2.06. The fourth-order valence-corrected chi connectivity index (χ4v) is 2.22. The molecule has 0 bridgehead atoms. The molecule has 3 rings (SSSR count). The number of benzene rings is 1. The Balaban J connectivity index is 2.25. The van der Waals surface area contributed by atoms with Gasteiger partial charge < -0.3 is 4.98 Å². The van der Waals surface area contributed by atoms with Crippen molar-refractivity contribution in [3.05, 3.63) is 76.7 Å². The van der Waals surface area contributed by atoms with E-state index in [4.69, 9.17) is 0 Å². The molecule has 1 N–H and O–H groups in total. The molecule has 0 radical (unpaired) electrons. The normalized spacial score (nSPS) is 10.4. The number of nitrogens with zero attached hydrogens (tertiary/aromatic N) is 1. The second kappa shape index (κ2) is 5.13. The van der Waals surface area contributed by atoms with Crippen molar-refractivity contribution in [2.75, 3.05) is 0 Å². The van der Waals surface area contributed by atoms with Crippen LogP contribution < -0.4 is 5.56 Å². The zero-order valence-corrected chi connectivity index (χ0v) is 11.1. The van der Waals surface area contributed by atoms with Crippen molar-refractivity contribution in [2.45, 2.75) is 6.92 Å². The molecule has 0 aliphatic heterocycles.